The molecule has 0 aromatic heterocycles. The van der Waals surface area contributed by atoms with Crippen molar-refractivity contribution < 1.29 is 24.1 Å². The highest BCUT2D eigenvalue weighted by atomic mass is 16.5. The number of ether oxygens (including phenoxy) is 4. The standard InChI is InChI=1S/C19H24O5/c1-21-14-11-16(20)15(18(12-14)23-3)7-5-6-13-8-9-17(22-2)19(10-13)24-4/h8-12,20H,5-7H2,1-4H3. The number of benzene rings is 2. The summed E-state index contributed by atoms with van der Waals surface area (Å²) in [5, 5.41) is 10.2. The number of hydrogen-bond acceptors (Lipinski definition) is 5. The van der Waals surface area contributed by atoms with Gasteiger partial charge in [-0.05, 0) is 37.0 Å². The second kappa shape index (κ2) is 8.34. The maximum Gasteiger partial charge on any atom is 0.160 e. The molecule has 0 atom stereocenters. The smallest absolute Gasteiger partial charge is 0.160 e. The number of phenolic OH excluding ortho intramolecular Hbond substituents is 1. The average Bonchev–Trinajstić information content (AvgIpc) is 2.62. The molecular formula is C19H24O5. The molecule has 2 aromatic carbocycles. The zero-order valence-electron chi connectivity index (χ0n) is 14.6. The van der Waals surface area contributed by atoms with Gasteiger partial charge in [-0.25, -0.2) is 0 Å². The second-order valence-corrected chi connectivity index (χ2v) is 5.37. The van der Waals surface area contributed by atoms with Crippen molar-refractivity contribution in [1.82, 2.24) is 0 Å². The molecule has 0 aliphatic carbocycles. The Morgan fingerprint density at radius 2 is 1.46 bits per heavy atom. The molecule has 0 radical (unpaired) electrons. The minimum atomic E-state index is 0.193. The first-order valence-electron chi connectivity index (χ1n) is 7.77. The lowest BCUT2D eigenvalue weighted by molar-refractivity contribution is 0.354. The number of hydrogen-bond donors (Lipinski definition) is 1. The summed E-state index contributed by atoms with van der Waals surface area (Å²) in [6, 6.07) is 9.29. The number of aromatic hydroxyl groups is 1. The monoisotopic (exact) mass is 332 g/mol. The minimum Gasteiger partial charge on any atom is -0.507 e. The average molecular weight is 332 g/mol. The van der Waals surface area contributed by atoms with E-state index in [1.807, 2.05) is 18.2 Å². The SMILES string of the molecule is COc1cc(O)c(CCCc2ccc(OC)c(OC)c2)c(OC)c1. The Bertz CT molecular complexity index is 682. The van der Waals surface area contributed by atoms with E-state index in [1.165, 1.54) is 0 Å². The summed E-state index contributed by atoms with van der Waals surface area (Å²) < 4.78 is 21.1. The van der Waals surface area contributed by atoms with Gasteiger partial charge in [0.1, 0.15) is 17.2 Å². The van der Waals surface area contributed by atoms with Crippen molar-refractivity contribution in [3.8, 4) is 28.7 Å². The normalized spacial score (nSPS) is 10.3. The van der Waals surface area contributed by atoms with Crippen LogP contribution in [-0.4, -0.2) is 33.5 Å². The molecule has 0 amide bonds. The van der Waals surface area contributed by atoms with Crippen molar-refractivity contribution in [3.05, 3.63) is 41.5 Å². The summed E-state index contributed by atoms with van der Waals surface area (Å²) >= 11 is 0. The number of rotatable bonds is 8. The van der Waals surface area contributed by atoms with Crippen molar-refractivity contribution in [2.75, 3.05) is 28.4 Å². The Hall–Kier alpha value is -2.56. The van der Waals surface area contributed by atoms with Crippen LogP contribution in [0.15, 0.2) is 30.3 Å². The molecule has 2 aromatic rings. The predicted octanol–water partition coefficient (Wildman–Crippen LogP) is 3.60. The van der Waals surface area contributed by atoms with Crippen LogP contribution in [0.4, 0.5) is 0 Å². The Morgan fingerprint density at radius 1 is 0.750 bits per heavy atom. The molecule has 0 saturated heterocycles. The molecule has 5 nitrogen and oxygen atoms in total. The highest BCUT2D eigenvalue weighted by molar-refractivity contribution is 5.50. The topological polar surface area (TPSA) is 57.2 Å². The Balaban J connectivity index is 2.07. The van der Waals surface area contributed by atoms with Gasteiger partial charge in [0.05, 0.1) is 28.4 Å². The first-order chi connectivity index (χ1) is 11.6. The molecule has 0 fully saturated rings. The van der Waals surface area contributed by atoms with Crippen molar-refractivity contribution in [2.24, 2.45) is 0 Å². The summed E-state index contributed by atoms with van der Waals surface area (Å²) in [6.45, 7) is 0. The van der Waals surface area contributed by atoms with Crippen molar-refractivity contribution >= 4 is 0 Å². The Labute approximate surface area is 142 Å². The molecule has 0 aliphatic heterocycles. The third-order valence-corrected chi connectivity index (χ3v) is 3.95. The van der Waals surface area contributed by atoms with Gasteiger partial charge in [0.2, 0.25) is 0 Å². The number of aryl methyl sites for hydroxylation is 1. The predicted molar refractivity (Wildman–Crippen MR) is 92.8 cm³/mol. The van der Waals surface area contributed by atoms with Crippen LogP contribution in [0.3, 0.4) is 0 Å². The molecule has 0 heterocycles. The van der Waals surface area contributed by atoms with Gasteiger partial charge in [-0.3, -0.25) is 0 Å². The minimum absolute atomic E-state index is 0.193. The first kappa shape index (κ1) is 17.8. The van der Waals surface area contributed by atoms with Gasteiger partial charge in [0, 0.05) is 17.7 Å². The lowest BCUT2D eigenvalue weighted by atomic mass is 10.0. The van der Waals surface area contributed by atoms with E-state index in [9.17, 15) is 5.11 Å². The van der Waals surface area contributed by atoms with Crippen LogP contribution < -0.4 is 18.9 Å². The zero-order chi connectivity index (χ0) is 17.5. The quantitative estimate of drug-likeness (QED) is 0.800. The number of phenols is 1. The van der Waals surface area contributed by atoms with Crippen molar-refractivity contribution in [3.63, 3.8) is 0 Å². The lowest BCUT2D eigenvalue weighted by Crippen LogP contribution is -1.97. The van der Waals surface area contributed by atoms with E-state index in [-0.39, 0.29) is 5.75 Å². The van der Waals surface area contributed by atoms with Crippen LogP contribution in [0.2, 0.25) is 0 Å². The molecule has 5 heteroatoms. The molecule has 2 rings (SSSR count). The van der Waals surface area contributed by atoms with E-state index in [0.29, 0.717) is 17.9 Å². The fourth-order valence-corrected chi connectivity index (χ4v) is 2.66. The van der Waals surface area contributed by atoms with Gasteiger partial charge in [-0.15, -0.1) is 0 Å². The van der Waals surface area contributed by atoms with E-state index < -0.39 is 0 Å². The molecule has 1 N–H and O–H groups in total. The third-order valence-electron chi connectivity index (χ3n) is 3.95. The van der Waals surface area contributed by atoms with Gasteiger partial charge >= 0.3 is 0 Å². The van der Waals surface area contributed by atoms with Gasteiger partial charge in [-0.1, -0.05) is 6.07 Å². The summed E-state index contributed by atoms with van der Waals surface area (Å²) in [4.78, 5) is 0. The fraction of sp³-hybridized carbons (Fsp3) is 0.368. The van der Waals surface area contributed by atoms with Crippen LogP contribution in [0.1, 0.15) is 17.5 Å². The van der Waals surface area contributed by atoms with E-state index in [2.05, 4.69) is 0 Å². The molecule has 24 heavy (non-hydrogen) atoms. The first-order valence-corrected chi connectivity index (χ1v) is 7.77. The maximum absolute atomic E-state index is 10.2. The van der Waals surface area contributed by atoms with Gasteiger partial charge in [-0.2, -0.15) is 0 Å². The third kappa shape index (κ3) is 4.04. The van der Waals surface area contributed by atoms with E-state index in [0.717, 1.165) is 35.5 Å². The second-order valence-electron chi connectivity index (χ2n) is 5.37. The van der Waals surface area contributed by atoms with Crippen LogP contribution >= 0.6 is 0 Å². The van der Waals surface area contributed by atoms with E-state index in [4.69, 9.17) is 18.9 Å². The molecule has 0 saturated carbocycles. The van der Waals surface area contributed by atoms with Crippen LogP contribution in [-0.2, 0) is 12.8 Å². The summed E-state index contributed by atoms with van der Waals surface area (Å²) in [5.74, 6) is 2.85. The highest BCUT2D eigenvalue weighted by Crippen LogP contribution is 2.34. The molecule has 0 spiro atoms. The molecule has 0 bridgehead atoms. The largest absolute Gasteiger partial charge is 0.507 e. The molecule has 130 valence electrons. The molecule has 0 aliphatic rings. The van der Waals surface area contributed by atoms with E-state index in [1.54, 1.807) is 40.6 Å². The molecule has 0 unspecified atom stereocenters. The summed E-state index contributed by atoms with van der Waals surface area (Å²) in [5.41, 5.74) is 1.94. The highest BCUT2D eigenvalue weighted by Gasteiger charge is 2.12. The van der Waals surface area contributed by atoms with Crippen LogP contribution in [0.5, 0.6) is 28.7 Å². The van der Waals surface area contributed by atoms with Gasteiger partial charge < -0.3 is 24.1 Å². The van der Waals surface area contributed by atoms with E-state index >= 15 is 0 Å². The molecular weight excluding hydrogens is 308 g/mol. The van der Waals surface area contributed by atoms with Crippen LogP contribution in [0.25, 0.3) is 0 Å². The zero-order valence-corrected chi connectivity index (χ0v) is 14.6. The fourth-order valence-electron chi connectivity index (χ4n) is 2.66. The Morgan fingerprint density at radius 3 is 2.08 bits per heavy atom. The van der Waals surface area contributed by atoms with Crippen LogP contribution in [0, 0.1) is 0 Å². The van der Waals surface area contributed by atoms with Crippen molar-refractivity contribution in [2.45, 2.75) is 19.3 Å². The lowest BCUT2D eigenvalue weighted by Gasteiger charge is -2.13. The van der Waals surface area contributed by atoms with Gasteiger partial charge in [0.25, 0.3) is 0 Å². The van der Waals surface area contributed by atoms with Crippen molar-refractivity contribution in [1.29, 1.82) is 0 Å². The van der Waals surface area contributed by atoms with Gasteiger partial charge in [0.15, 0.2) is 11.5 Å². The maximum atomic E-state index is 10.2. The summed E-state index contributed by atoms with van der Waals surface area (Å²) in [7, 11) is 6.40. The summed E-state index contributed by atoms with van der Waals surface area (Å²) in [6.07, 6.45) is 2.42. The number of methoxy groups -OCH3 is 4. The Kier molecular flexibility index (Phi) is 6.18.